The van der Waals surface area contributed by atoms with Gasteiger partial charge in [-0.15, -0.1) is 0 Å². The molecule has 1 atom stereocenters. The van der Waals surface area contributed by atoms with E-state index in [9.17, 15) is 4.79 Å². The fourth-order valence-corrected chi connectivity index (χ4v) is 3.99. The molecule has 0 aliphatic carbocycles. The third-order valence-corrected chi connectivity index (χ3v) is 5.06. The monoisotopic (exact) mass is 306 g/mol. The summed E-state index contributed by atoms with van der Waals surface area (Å²) in [5, 5.41) is 9.02. The van der Waals surface area contributed by atoms with Crippen molar-refractivity contribution < 1.29 is 14.3 Å². The zero-order chi connectivity index (χ0) is 15.4. The van der Waals surface area contributed by atoms with E-state index in [0.29, 0.717) is 19.4 Å². The normalized spacial score (nSPS) is 26.8. The van der Waals surface area contributed by atoms with Gasteiger partial charge in [-0.25, -0.2) is 0 Å². The zero-order valence-electron chi connectivity index (χ0n) is 13.2. The average molecular weight is 306 g/mol. The van der Waals surface area contributed by atoms with Gasteiger partial charge in [-0.05, 0) is 38.3 Å². The number of piperidine rings is 2. The summed E-state index contributed by atoms with van der Waals surface area (Å²) in [7, 11) is 0. The minimum absolute atomic E-state index is 0.156. The lowest BCUT2D eigenvalue weighted by atomic mass is 9.73. The highest BCUT2D eigenvalue weighted by atomic mass is 16.3. The molecule has 5 nitrogen and oxygen atoms in total. The molecule has 0 aromatic carbocycles. The third kappa shape index (κ3) is 3.52. The maximum absolute atomic E-state index is 12.1. The van der Waals surface area contributed by atoms with Crippen LogP contribution in [0, 0.1) is 5.41 Å². The van der Waals surface area contributed by atoms with Crippen molar-refractivity contribution in [1.29, 1.82) is 0 Å². The average Bonchev–Trinajstić information content (AvgIpc) is 3.02. The van der Waals surface area contributed by atoms with Gasteiger partial charge < -0.3 is 14.4 Å². The van der Waals surface area contributed by atoms with Gasteiger partial charge in [0.1, 0.15) is 0 Å². The Morgan fingerprint density at radius 1 is 1.32 bits per heavy atom. The maximum atomic E-state index is 12.1. The minimum Gasteiger partial charge on any atom is -0.472 e. The van der Waals surface area contributed by atoms with Crippen LogP contribution in [0.4, 0.5) is 0 Å². The first-order valence-electron chi connectivity index (χ1n) is 8.33. The van der Waals surface area contributed by atoms with Crippen LogP contribution in [0.15, 0.2) is 23.0 Å². The van der Waals surface area contributed by atoms with Crippen LogP contribution in [0.25, 0.3) is 0 Å². The smallest absolute Gasteiger partial charge is 0.222 e. The molecule has 1 aromatic rings. The molecule has 2 saturated heterocycles. The Morgan fingerprint density at radius 2 is 2.23 bits per heavy atom. The van der Waals surface area contributed by atoms with Crippen LogP contribution in [0.5, 0.6) is 0 Å². The number of carbonyl (C=O) groups excluding carboxylic acids is 1. The Bertz CT molecular complexity index is 488. The van der Waals surface area contributed by atoms with Crippen LogP contribution in [-0.2, 0) is 11.3 Å². The van der Waals surface area contributed by atoms with Crippen LogP contribution in [0.3, 0.4) is 0 Å². The standard InChI is InChI=1S/C17H26N2O3/c20-9-2-8-19-14-17(6-3-16(19)21)5-1-7-18(13-17)11-15-4-10-22-12-15/h4,10,12,20H,1-3,5-9,11,13-14H2/t17-/m0/s1. The number of carbonyl (C=O) groups is 1. The van der Waals surface area contributed by atoms with Gasteiger partial charge in [0.05, 0.1) is 12.5 Å². The van der Waals surface area contributed by atoms with Crippen molar-refractivity contribution in [2.75, 3.05) is 32.8 Å². The van der Waals surface area contributed by atoms with Crippen molar-refractivity contribution in [2.45, 2.75) is 38.6 Å². The van der Waals surface area contributed by atoms with Gasteiger partial charge in [-0.3, -0.25) is 9.69 Å². The van der Waals surface area contributed by atoms with Crippen molar-refractivity contribution in [2.24, 2.45) is 5.41 Å². The SMILES string of the molecule is O=C1CC[C@]2(CCCN(Cc3ccoc3)C2)CN1CCCO. The van der Waals surface area contributed by atoms with Crippen LogP contribution in [-0.4, -0.2) is 53.6 Å². The first-order valence-corrected chi connectivity index (χ1v) is 8.33. The van der Waals surface area contributed by atoms with E-state index < -0.39 is 0 Å². The number of likely N-dealkylation sites (tertiary alicyclic amines) is 2. The van der Waals surface area contributed by atoms with Gasteiger partial charge in [0.15, 0.2) is 0 Å². The van der Waals surface area contributed by atoms with E-state index in [0.717, 1.165) is 32.6 Å². The Morgan fingerprint density at radius 3 is 3.00 bits per heavy atom. The highest BCUT2D eigenvalue weighted by Gasteiger charge is 2.41. The predicted molar refractivity (Wildman–Crippen MR) is 83.2 cm³/mol. The number of amides is 1. The fraction of sp³-hybridized carbons (Fsp3) is 0.706. The summed E-state index contributed by atoms with van der Waals surface area (Å²) in [6, 6.07) is 2.03. The second-order valence-corrected chi connectivity index (χ2v) is 6.84. The third-order valence-electron chi connectivity index (χ3n) is 5.06. The summed E-state index contributed by atoms with van der Waals surface area (Å²) >= 11 is 0. The molecule has 3 rings (SSSR count). The summed E-state index contributed by atoms with van der Waals surface area (Å²) in [5.74, 6) is 0.256. The van der Waals surface area contributed by atoms with Gasteiger partial charge in [0, 0.05) is 50.2 Å². The van der Waals surface area contributed by atoms with Crippen LogP contribution < -0.4 is 0 Å². The molecule has 0 saturated carbocycles. The van der Waals surface area contributed by atoms with Crippen molar-refractivity contribution in [3.05, 3.63) is 24.2 Å². The first-order chi connectivity index (χ1) is 10.7. The Labute approximate surface area is 131 Å². The van der Waals surface area contributed by atoms with E-state index in [-0.39, 0.29) is 17.9 Å². The molecule has 0 unspecified atom stereocenters. The predicted octanol–water partition coefficient (Wildman–Crippen LogP) is 1.87. The van der Waals surface area contributed by atoms with Crippen molar-refractivity contribution >= 4 is 5.91 Å². The molecule has 3 heterocycles. The van der Waals surface area contributed by atoms with Crippen molar-refractivity contribution in [3.63, 3.8) is 0 Å². The Balaban J connectivity index is 1.62. The minimum atomic E-state index is 0.156. The second kappa shape index (κ2) is 6.84. The second-order valence-electron chi connectivity index (χ2n) is 6.84. The summed E-state index contributed by atoms with van der Waals surface area (Å²) in [6.45, 7) is 4.82. The lowest BCUT2D eigenvalue weighted by Gasteiger charge is -2.48. The van der Waals surface area contributed by atoms with Gasteiger partial charge >= 0.3 is 0 Å². The van der Waals surface area contributed by atoms with E-state index in [1.165, 1.54) is 18.4 Å². The summed E-state index contributed by atoms with van der Waals surface area (Å²) < 4.78 is 5.17. The van der Waals surface area contributed by atoms with E-state index in [1.54, 1.807) is 6.26 Å². The molecule has 1 aromatic heterocycles. The van der Waals surface area contributed by atoms with Crippen LogP contribution in [0.2, 0.25) is 0 Å². The van der Waals surface area contributed by atoms with Gasteiger partial charge in [0.25, 0.3) is 0 Å². The van der Waals surface area contributed by atoms with E-state index in [2.05, 4.69) is 4.90 Å². The van der Waals surface area contributed by atoms with E-state index in [1.807, 2.05) is 17.2 Å². The largest absolute Gasteiger partial charge is 0.472 e. The molecular formula is C17H26N2O3. The number of hydrogen-bond donors (Lipinski definition) is 1. The summed E-state index contributed by atoms with van der Waals surface area (Å²) in [5.41, 5.74) is 1.46. The first kappa shape index (κ1) is 15.6. The number of aliphatic hydroxyl groups is 1. The zero-order valence-corrected chi connectivity index (χ0v) is 13.2. The highest BCUT2D eigenvalue weighted by molar-refractivity contribution is 5.77. The van der Waals surface area contributed by atoms with E-state index >= 15 is 0 Å². The fourth-order valence-electron chi connectivity index (χ4n) is 3.99. The summed E-state index contributed by atoms with van der Waals surface area (Å²) in [4.78, 5) is 16.5. The van der Waals surface area contributed by atoms with Crippen LogP contribution in [0.1, 0.15) is 37.7 Å². The molecule has 1 amide bonds. The van der Waals surface area contributed by atoms with Crippen LogP contribution >= 0.6 is 0 Å². The number of rotatable bonds is 5. The molecule has 2 fully saturated rings. The van der Waals surface area contributed by atoms with Crippen molar-refractivity contribution in [3.8, 4) is 0 Å². The van der Waals surface area contributed by atoms with Gasteiger partial charge in [-0.1, -0.05) is 0 Å². The van der Waals surface area contributed by atoms with E-state index in [4.69, 9.17) is 9.52 Å². The topological polar surface area (TPSA) is 56.9 Å². The number of furan rings is 1. The number of nitrogens with zero attached hydrogens (tertiary/aromatic N) is 2. The van der Waals surface area contributed by atoms with Gasteiger partial charge in [0.2, 0.25) is 5.91 Å². The number of aliphatic hydroxyl groups excluding tert-OH is 1. The maximum Gasteiger partial charge on any atom is 0.222 e. The molecule has 2 aliphatic heterocycles. The molecule has 122 valence electrons. The van der Waals surface area contributed by atoms with Gasteiger partial charge in [-0.2, -0.15) is 0 Å². The quantitative estimate of drug-likeness (QED) is 0.902. The molecule has 2 aliphatic rings. The molecule has 5 heteroatoms. The summed E-state index contributed by atoms with van der Waals surface area (Å²) in [6.07, 6.45) is 8.29. The van der Waals surface area contributed by atoms with Crippen molar-refractivity contribution in [1.82, 2.24) is 9.80 Å². The lowest BCUT2D eigenvalue weighted by molar-refractivity contribution is -0.139. The molecular weight excluding hydrogens is 280 g/mol. The molecule has 0 radical (unpaired) electrons. The molecule has 1 spiro atoms. The lowest BCUT2D eigenvalue weighted by Crippen LogP contribution is -2.54. The Kier molecular flexibility index (Phi) is 4.84. The Hall–Kier alpha value is -1.33. The molecule has 22 heavy (non-hydrogen) atoms. The highest BCUT2D eigenvalue weighted by Crippen LogP contribution is 2.39. The molecule has 0 bridgehead atoms. The molecule has 1 N–H and O–H groups in total. The number of hydrogen-bond acceptors (Lipinski definition) is 4.